The number of aryl methyl sites for hydroxylation is 2. The predicted molar refractivity (Wildman–Crippen MR) is 66.0 cm³/mol. The van der Waals surface area contributed by atoms with Crippen molar-refractivity contribution >= 4 is 14.5 Å². The van der Waals surface area contributed by atoms with Crippen molar-refractivity contribution in [1.29, 1.82) is 0 Å². The molecule has 0 atom stereocenters. The molecule has 75 valence electrons. The van der Waals surface area contributed by atoms with Gasteiger partial charge in [0.25, 0.3) is 0 Å². The fourth-order valence-electron chi connectivity index (χ4n) is 1.55. The van der Waals surface area contributed by atoms with Gasteiger partial charge in [0.05, 0.1) is 0 Å². The average Bonchev–Trinajstić information content (AvgIpc) is 2.29. The van der Waals surface area contributed by atoms with Crippen molar-refractivity contribution in [3.63, 3.8) is 0 Å². The van der Waals surface area contributed by atoms with E-state index in [1.807, 2.05) is 24.4 Å². The molecule has 15 heavy (non-hydrogen) atoms. The van der Waals surface area contributed by atoms with Gasteiger partial charge in [-0.1, -0.05) is 39.6 Å². The first-order valence-corrected chi connectivity index (χ1v) is 5.55. The number of benzene rings is 1. The Morgan fingerprint density at radius 2 is 1.73 bits per heavy atom. The van der Waals surface area contributed by atoms with Gasteiger partial charge in [0.1, 0.15) is 0 Å². The van der Waals surface area contributed by atoms with E-state index in [0.29, 0.717) is 0 Å². The lowest BCUT2D eigenvalue weighted by Gasteiger charge is -2.04. The maximum absolute atomic E-state index is 4.31. The molecule has 0 N–H and O–H groups in total. The van der Waals surface area contributed by atoms with Crippen molar-refractivity contribution in [3.05, 3.63) is 59.9 Å². The molecule has 0 unspecified atom stereocenters. The summed E-state index contributed by atoms with van der Waals surface area (Å²) >= 11 is 0. The number of rotatable bonds is 3. The normalized spacial score (nSPS) is 10.2. The fourth-order valence-corrected chi connectivity index (χ4v) is 1.85. The first-order chi connectivity index (χ1) is 7.36. The highest BCUT2D eigenvalue weighted by atomic mass is 31.0. The maximum Gasteiger partial charge on any atom is 0.0406 e. The summed E-state index contributed by atoms with van der Waals surface area (Å²) in [6.45, 7) is 0. The van der Waals surface area contributed by atoms with E-state index < -0.39 is 0 Å². The van der Waals surface area contributed by atoms with Gasteiger partial charge in [-0.15, -0.1) is 0 Å². The van der Waals surface area contributed by atoms with E-state index in [2.05, 4.69) is 38.5 Å². The van der Waals surface area contributed by atoms with E-state index in [1.165, 1.54) is 10.9 Å². The molecule has 1 heterocycles. The second kappa shape index (κ2) is 5.04. The first kappa shape index (κ1) is 10.3. The van der Waals surface area contributed by atoms with Crippen molar-refractivity contribution < 1.29 is 0 Å². The minimum absolute atomic E-state index is 0.988. The predicted octanol–water partition coefficient (Wildman–Crippen LogP) is 2.63. The molecule has 0 bridgehead atoms. The molecule has 0 spiro atoms. The second-order valence-corrected chi connectivity index (χ2v) is 4.02. The highest BCUT2D eigenvalue weighted by molar-refractivity contribution is 7.27. The van der Waals surface area contributed by atoms with E-state index in [9.17, 15) is 0 Å². The third kappa shape index (κ3) is 2.87. The van der Waals surface area contributed by atoms with Crippen LogP contribution in [0.5, 0.6) is 0 Å². The Balaban J connectivity index is 2.03. The van der Waals surface area contributed by atoms with Gasteiger partial charge >= 0.3 is 0 Å². The topological polar surface area (TPSA) is 12.9 Å². The van der Waals surface area contributed by atoms with Crippen LogP contribution in [0, 0.1) is 0 Å². The second-order valence-electron chi connectivity index (χ2n) is 3.48. The fraction of sp³-hybridized carbons (Fsp3) is 0.154. The quantitative estimate of drug-likeness (QED) is 0.716. The summed E-state index contributed by atoms with van der Waals surface area (Å²) < 4.78 is 0. The van der Waals surface area contributed by atoms with Gasteiger partial charge in [0.15, 0.2) is 0 Å². The van der Waals surface area contributed by atoms with Crippen LogP contribution in [0.25, 0.3) is 0 Å². The average molecular weight is 214 g/mol. The highest BCUT2D eigenvalue weighted by Crippen LogP contribution is 2.05. The molecule has 2 aromatic rings. The largest absolute Gasteiger partial charge is 0.261 e. The first-order valence-electron chi connectivity index (χ1n) is 5.05. The zero-order valence-corrected chi connectivity index (χ0v) is 9.48. The molecule has 2 heteroatoms. The minimum Gasteiger partial charge on any atom is -0.261 e. The standard InChI is InChI=1S/C13H13NP/c15-13-7-2-1-5-11(13)8-9-12-6-3-4-10-14-12/h1-7,10,15H,8-9H2. The zero-order chi connectivity index (χ0) is 10.5. The van der Waals surface area contributed by atoms with E-state index >= 15 is 0 Å². The van der Waals surface area contributed by atoms with Gasteiger partial charge in [-0.3, -0.25) is 4.98 Å². The van der Waals surface area contributed by atoms with Crippen LogP contribution < -0.4 is 5.30 Å². The Hall–Kier alpha value is -1.20. The van der Waals surface area contributed by atoms with Crippen LogP contribution in [-0.4, -0.2) is 4.98 Å². The van der Waals surface area contributed by atoms with Crippen molar-refractivity contribution in [3.8, 4) is 0 Å². The summed E-state index contributed by atoms with van der Waals surface area (Å²) in [7, 11) is 3.60. The Bertz CT molecular complexity index is 426. The van der Waals surface area contributed by atoms with Gasteiger partial charge in [-0.2, -0.15) is 0 Å². The smallest absolute Gasteiger partial charge is 0.0406 e. The van der Waals surface area contributed by atoms with Gasteiger partial charge in [-0.25, -0.2) is 0 Å². The number of aromatic nitrogens is 1. The maximum atomic E-state index is 4.31. The van der Waals surface area contributed by atoms with Crippen LogP contribution in [0.4, 0.5) is 0 Å². The molecule has 1 nitrogen and oxygen atoms in total. The van der Waals surface area contributed by atoms with Crippen LogP contribution in [-0.2, 0) is 12.8 Å². The Morgan fingerprint density at radius 1 is 0.933 bits per heavy atom. The third-order valence-corrected chi connectivity index (χ3v) is 2.88. The van der Waals surface area contributed by atoms with E-state index in [4.69, 9.17) is 0 Å². The van der Waals surface area contributed by atoms with Gasteiger partial charge < -0.3 is 0 Å². The zero-order valence-electron chi connectivity index (χ0n) is 8.48. The minimum atomic E-state index is 0.988. The Labute approximate surface area is 92.8 Å². The molecule has 1 aromatic carbocycles. The Morgan fingerprint density at radius 3 is 2.47 bits per heavy atom. The van der Waals surface area contributed by atoms with Crippen LogP contribution in [0.3, 0.4) is 0 Å². The summed E-state index contributed by atoms with van der Waals surface area (Å²) in [5.41, 5.74) is 2.48. The lowest BCUT2D eigenvalue weighted by molar-refractivity contribution is 0.918. The Kier molecular flexibility index (Phi) is 3.47. The van der Waals surface area contributed by atoms with Gasteiger partial charge in [0, 0.05) is 11.9 Å². The summed E-state index contributed by atoms with van der Waals surface area (Å²) in [6.07, 6.45) is 3.86. The van der Waals surface area contributed by atoms with Gasteiger partial charge in [0.2, 0.25) is 0 Å². The lowest BCUT2D eigenvalue weighted by atomic mass is 10.1. The number of hydrogen-bond donors (Lipinski definition) is 0. The van der Waals surface area contributed by atoms with E-state index in [0.717, 1.165) is 18.5 Å². The van der Waals surface area contributed by atoms with Crippen molar-refractivity contribution in [2.24, 2.45) is 0 Å². The summed E-state index contributed by atoms with van der Waals surface area (Å²) in [5, 5.41) is 1.17. The number of nitrogens with zero attached hydrogens (tertiary/aromatic N) is 1. The summed E-state index contributed by atoms with van der Waals surface area (Å²) in [6, 6.07) is 14.4. The highest BCUT2D eigenvalue weighted by Gasteiger charge is 1.98. The molecule has 0 aliphatic rings. The van der Waals surface area contributed by atoms with Crippen LogP contribution in [0.15, 0.2) is 48.7 Å². The molecule has 2 rings (SSSR count). The molecule has 0 saturated heterocycles. The molecule has 0 fully saturated rings. The van der Waals surface area contributed by atoms with Crippen molar-refractivity contribution in [1.82, 2.24) is 4.98 Å². The molecule has 0 aliphatic carbocycles. The molecule has 0 amide bonds. The van der Waals surface area contributed by atoms with Crippen LogP contribution in [0.2, 0.25) is 0 Å². The number of hydrogen-bond acceptors (Lipinski definition) is 1. The number of pyridine rings is 1. The molecule has 1 aromatic heterocycles. The molecular weight excluding hydrogens is 201 g/mol. The van der Waals surface area contributed by atoms with Crippen LogP contribution >= 0.6 is 9.24 Å². The van der Waals surface area contributed by atoms with Crippen molar-refractivity contribution in [2.75, 3.05) is 0 Å². The summed E-state index contributed by atoms with van der Waals surface area (Å²) in [4.78, 5) is 4.31. The SMILES string of the molecule is [PH]c1ccccc1CCc1ccccn1. The lowest BCUT2D eigenvalue weighted by Crippen LogP contribution is -2.03. The molecular formula is C13H13NP. The van der Waals surface area contributed by atoms with E-state index in [-0.39, 0.29) is 0 Å². The monoisotopic (exact) mass is 214 g/mol. The molecule has 0 saturated carbocycles. The summed E-state index contributed by atoms with van der Waals surface area (Å²) in [5.74, 6) is 0. The van der Waals surface area contributed by atoms with Crippen molar-refractivity contribution in [2.45, 2.75) is 12.8 Å². The van der Waals surface area contributed by atoms with Gasteiger partial charge in [-0.05, 0) is 35.8 Å². The van der Waals surface area contributed by atoms with E-state index in [1.54, 1.807) is 0 Å². The third-order valence-electron chi connectivity index (χ3n) is 2.39. The molecule has 1 radical (unpaired) electrons. The molecule has 0 aliphatic heterocycles. The van der Waals surface area contributed by atoms with Crippen LogP contribution in [0.1, 0.15) is 11.3 Å².